The molecule has 1 aliphatic rings. The highest BCUT2D eigenvalue weighted by Gasteiger charge is 2.27. The summed E-state index contributed by atoms with van der Waals surface area (Å²) in [6.45, 7) is 1.85. The monoisotopic (exact) mass is 84.0 g/mol. The summed E-state index contributed by atoms with van der Waals surface area (Å²) in [6, 6.07) is 0. The predicted molar refractivity (Wildman–Crippen MR) is 22.7 cm³/mol. The molecule has 0 aliphatic carbocycles. The molecule has 3 heteroatoms. The highest BCUT2D eigenvalue weighted by Crippen LogP contribution is 2.13. The molecule has 0 bridgehead atoms. The normalized spacial score (nSPS) is 30.2. The highest BCUT2D eigenvalue weighted by molar-refractivity contribution is 6.47. The van der Waals surface area contributed by atoms with E-state index < -0.39 is 0 Å². The van der Waals surface area contributed by atoms with E-state index in [2.05, 4.69) is 4.65 Å². The molecule has 1 aliphatic heterocycles. The van der Waals surface area contributed by atoms with E-state index in [1.54, 1.807) is 0 Å². The molecule has 0 aromatic rings. The van der Waals surface area contributed by atoms with Crippen LogP contribution in [-0.4, -0.2) is 13.5 Å². The SMILES string of the molecule is CC1BOC1=O. The van der Waals surface area contributed by atoms with Crippen molar-refractivity contribution >= 4 is 13.5 Å². The summed E-state index contributed by atoms with van der Waals surface area (Å²) in [7, 11) is 0.624. The second kappa shape index (κ2) is 0.998. The fourth-order valence-corrected chi connectivity index (χ4v) is 0.318. The fraction of sp³-hybridized carbons (Fsp3) is 0.667. The van der Waals surface area contributed by atoms with E-state index in [1.165, 1.54) is 0 Å². The Labute approximate surface area is 36.8 Å². The molecule has 6 heavy (non-hydrogen) atoms. The summed E-state index contributed by atoms with van der Waals surface area (Å²) in [5, 5.41) is 0. The third kappa shape index (κ3) is 0.312. The summed E-state index contributed by atoms with van der Waals surface area (Å²) in [5.74, 6) is 0.111. The van der Waals surface area contributed by atoms with Crippen molar-refractivity contribution in [1.82, 2.24) is 0 Å². The minimum Gasteiger partial charge on any atom is -0.539 e. The maximum atomic E-state index is 10.0. The van der Waals surface area contributed by atoms with Crippen LogP contribution in [0.3, 0.4) is 0 Å². The van der Waals surface area contributed by atoms with Crippen LogP contribution in [0.15, 0.2) is 0 Å². The van der Waals surface area contributed by atoms with Crippen LogP contribution in [-0.2, 0) is 9.45 Å². The van der Waals surface area contributed by atoms with Gasteiger partial charge in [0.2, 0.25) is 0 Å². The van der Waals surface area contributed by atoms with E-state index in [-0.39, 0.29) is 11.8 Å². The van der Waals surface area contributed by atoms with E-state index in [9.17, 15) is 4.79 Å². The molecule has 0 aromatic carbocycles. The van der Waals surface area contributed by atoms with E-state index in [4.69, 9.17) is 0 Å². The number of hydrogen-bond donors (Lipinski definition) is 0. The van der Waals surface area contributed by atoms with Crippen molar-refractivity contribution in [2.75, 3.05) is 0 Å². The average molecular weight is 83.9 g/mol. The standard InChI is InChI=1S/C3H5BO2/c1-2-3(5)6-4-2/h2,4H,1H3. The van der Waals surface area contributed by atoms with Gasteiger partial charge in [-0.1, -0.05) is 6.92 Å². The Balaban J connectivity index is 2.39. The summed E-state index contributed by atoms with van der Waals surface area (Å²) >= 11 is 0. The third-order valence-corrected chi connectivity index (χ3v) is 0.878. The zero-order chi connectivity index (χ0) is 4.57. The Morgan fingerprint density at radius 3 is 2.50 bits per heavy atom. The number of carbonyl (C=O) groups is 1. The summed E-state index contributed by atoms with van der Waals surface area (Å²) in [4.78, 5) is 10.0. The van der Waals surface area contributed by atoms with E-state index in [1.807, 2.05) is 6.92 Å². The fourth-order valence-electron chi connectivity index (χ4n) is 0.318. The van der Waals surface area contributed by atoms with Gasteiger partial charge in [-0.15, -0.1) is 0 Å². The number of hydrogen-bond acceptors (Lipinski definition) is 2. The van der Waals surface area contributed by atoms with Gasteiger partial charge in [-0.3, -0.25) is 4.79 Å². The first-order chi connectivity index (χ1) is 2.80. The van der Waals surface area contributed by atoms with Crippen LogP contribution < -0.4 is 0 Å². The highest BCUT2D eigenvalue weighted by atomic mass is 16.5. The van der Waals surface area contributed by atoms with Crippen LogP contribution in [0.2, 0.25) is 5.82 Å². The molecule has 0 amide bonds. The topological polar surface area (TPSA) is 26.3 Å². The lowest BCUT2D eigenvalue weighted by Gasteiger charge is -2.17. The molecular formula is C3H5BO2. The van der Waals surface area contributed by atoms with Gasteiger partial charge in [0.25, 0.3) is 5.97 Å². The Hall–Kier alpha value is -0.465. The molecule has 1 rings (SSSR count). The van der Waals surface area contributed by atoms with Crippen LogP contribution in [0.5, 0.6) is 0 Å². The van der Waals surface area contributed by atoms with Gasteiger partial charge >= 0.3 is 7.48 Å². The van der Waals surface area contributed by atoms with Crippen molar-refractivity contribution in [1.29, 1.82) is 0 Å². The van der Waals surface area contributed by atoms with Crippen molar-refractivity contribution in [3.63, 3.8) is 0 Å². The number of rotatable bonds is 0. The first kappa shape index (κ1) is 3.72. The van der Waals surface area contributed by atoms with Crippen molar-refractivity contribution in [3.8, 4) is 0 Å². The Morgan fingerprint density at radius 2 is 2.50 bits per heavy atom. The molecule has 1 saturated heterocycles. The van der Waals surface area contributed by atoms with Crippen LogP contribution in [0.1, 0.15) is 6.92 Å². The minimum atomic E-state index is -0.0602. The molecule has 0 radical (unpaired) electrons. The van der Waals surface area contributed by atoms with Gasteiger partial charge in [0.05, 0.1) is 5.82 Å². The van der Waals surface area contributed by atoms with Gasteiger partial charge < -0.3 is 4.65 Å². The second-order valence-electron chi connectivity index (χ2n) is 1.53. The van der Waals surface area contributed by atoms with Crippen LogP contribution in [0.25, 0.3) is 0 Å². The molecule has 1 atom stereocenters. The summed E-state index contributed by atoms with van der Waals surface area (Å²) in [5.41, 5.74) is 0. The lowest BCUT2D eigenvalue weighted by atomic mass is 9.76. The minimum absolute atomic E-state index is 0.0602. The van der Waals surface area contributed by atoms with Crippen LogP contribution in [0.4, 0.5) is 0 Å². The molecule has 0 saturated carbocycles. The zero-order valence-electron chi connectivity index (χ0n) is 3.60. The van der Waals surface area contributed by atoms with Crippen molar-refractivity contribution in [2.45, 2.75) is 12.7 Å². The largest absolute Gasteiger partial charge is 0.539 e. The molecule has 1 heterocycles. The van der Waals surface area contributed by atoms with Gasteiger partial charge in [0, 0.05) is 0 Å². The van der Waals surface area contributed by atoms with Crippen molar-refractivity contribution in [2.24, 2.45) is 0 Å². The summed E-state index contributed by atoms with van der Waals surface area (Å²) in [6.07, 6.45) is 0. The van der Waals surface area contributed by atoms with Crippen LogP contribution >= 0.6 is 0 Å². The van der Waals surface area contributed by atoms with Gasteiger partial charge in [-0.2, -0.15) is 0 Å². The Morgan fingerprint density at radius 1 is 2.00 bits per heavy atom. The van der Waals surface area contributed by atoms with Crippen LogP contribution in [0, 0.1) is 0 Å². The first-order valence-corrected chi connectivity index (χ1v) is 1.97. The number of carbonyl (C=O) groups excluding carboxylic acids is 1. The molecule has 2 nitrogen and oxygen atoms in total. The molecule has 0 N–H and O–H groups in total. The van der Waals surface area contributed by atoms with Gasteiger partial charge in [0.1, 0.15) is 0 Å². The van der Waals surface area contributed by atoms with E-state index in [0.717, 1.165) is 0 Å². The molecule has 1 unspecified atom stereocenters. The molecule has 0 spiro atoms. The smallest absolute Gasteiger partial charge is 0.357 e. The predicted octanol–water partition coefficient (Wildman–Crippen LogP) is -0.297. The maximum absolute atomic E-state index is 10.0. The summed E-state index contributed by atoms with van der Waals surface area (Å²) < 4.78 is 4.40. The molecule has 1 fully saturated rings. The molecule has 0 aromatic heterocycles. The lowest BCUT2D eigenvalue weighted by molar-refractivity contribution is -0.138. The van der Waals surface area contributed by atoms with Gasteiger partial charge in [0.15, 0.2) is 0 Å². The first-order valence-electron chi connectivity index (χ1n) is 1.97. The van der Waals surface area contributed by atoms with Crippen molar-refractivity contribution in [3.05, 3.63) is 0 Å². The van der Waals surface area contributed by atoms with E-state index >= 15 is 0 Å². The average Bonchev–Trinajstić information content (AvgIpc) is 1.61. The van der Waals surface area contributed by atoms with Gasteiger partial charge in [-0.05, 0) is 0 Å². The quantitative estimate of drug-likeness (QED) is 0.376. The molecular weight excluding hydrogens is 78.8 g/mol. The van der Waals surface area contributed by atoms with Crippen molar-refractivity contribution < 1.29 is 9.45 Å². The second-order valence-corrected chi connectivity index (χ2v) is 1.53. The maximum Gasteiger partial charge on any atom is 0.357 e. The van der Waals surface area contributed by atoms with Gasteiger partial charge in [-0.25, -0.2) is 0 Å². The third-order valence-electron chi connectivity index (χ3n) is 0.878. The lowest BCUT2D eigenvalue weighted by Crippen LogP contribution is -2.30. The molecule has 32 valence electrons. The Bertz CT molecular complexity index is 80.9. The van der Waals surface area contributed by atoms with E-state index in [0.29, 0.717) is 7.48 Å². The zero-order valence-corrected chi connectivity index (χ0v) is 3.60. The Kier molecular flexibility index (Phi) is 0.618.